The quantitative estimate of drug-likeness (QED) is 0.582. The SMILES string of the molecule is CC(C)[Si](c1c(-c2ccc(Cl)cn2)ncc(Cl)c1Cl)C(C)C.[Cu]. The van der Waals surface area contributed by atoms with E-state index in [-0.39, 0.29) is 17.1 Å². The zero-order valence-corrected chi connectivity index (χ0v) is 17.5. The van der Waals surface area contributed by atoms with E-state index in [9.17, 15) is 0 Å². The van der Waals surface area contributed by atoms with Crippen LogP contribution in [-0.4, -0.2) is 18.8 Å². The normalized spacial score (nSPS) is 11.2. The van der Waals surface area contributed by atoms with Crippen molar-refractivity contribution >= 4 is 48.8 Å². The maximum atomic E-state index is 6.56. The summed E-state index contributed by atoms with van der Waals surface area (Å²) in [6.45, 7) is 8.91. The molecule has 0 saturated heterocycles. The molecule has 0 spiro atoms. The van der Waals surface area contributed by atoms with Gasteiger partial charge in [0.1, 0.15) is 0 Å². The second-order valence-corrected chi connectivity index (χ2v) is 10.7. The van der Waals surface area contributed by atoms with Gasteiger partial charge < -0.3 is 0 Å². The van der Waals surface area contributed by atoms with Crippen molar-refractivity contribution in [3.05, 3.63) is 39.6 Å². The number of aromatic nitrogens is 2. The first-order chi connectivity index (χ1) is 10.3. The van der Waals surface area contributed by atoms with E-state index in [2.05, 4.69) is 37.7 Å². The second kappa shape index (κ2) is 8.84. The van der Waals surface area contributed by atoms with Crippen LogP contribution in [0.5, 0.6) is 0 Å². The molecule has 0 unspecified atom stereocenters. The van der Waals surface area contributed by atoms with Crippen molar-refractivity contribution in [3.8, 4) is 11.4 Å². The molecule has 128 valence electrons. The summed E-state index contributed by atoms with van der Waals surface area (Å²) in [4.78, 5) is 8.93. The summed E-state index contributed by atoms with van der Waals surface area (Å²) in [6, 6.07) is 3.69. The first kappa shape index (κ1) is 21.0. The Bertz CT molecular complexity index is 655. The molecule has 0 aliphatic rings. The van der Waals surface area contributed by atoms with E-state index in [0.29, 0.717) is 26.2 Å². The van der Waals surface area contributed by atoms with Gasteiger partial charge in [0.15, 0.2) is 0 Å². The third-order valence-corrected chi connectivity index (χ3v) is 8.19. The van der Waals surface area contributed by atoms with E-state index < -0.39 is 8.80 Å². The average Bonchev–Trinajstić information content (AvgIpc) is 2.44. The van der Waals surface area contributed by atoms with Crippen LogP contribution in [0.3, 0.4) is 0 Å². The Labute approximate surface area is 165 Å². The molecule has 2 aromatic heterocycles. The van der Waals surface area contributed by atoms with E-state index in [4.69, 9.17) is 34.8 Å². The smallest absolute Gasteiger partial charge is 0.0961 e. The van der Waals surface area contributed by atoms with Crippen LogP contribution in [0.2, 0.25) is 26.2 Å². The van der Waals surface area contributed by atoms with Gasteiger partial charge in [-0.2, -0.15) is 0 Å². The van der Waals surface area contributed by atoms with Crippen molar-refractivity contribution in [2.75, 3.05) is 0 Å². The average molecular weight is 436 g/mol. The van der Waals surface area contributed by atoms with Gasteiger partial charge in [-0.1, -0.05) is 62.5 Å². The Balaban J connectivity index is 0.00000264. The molecule has 2 aromatic rings. The number of nitrogens with zero attached hydrogens (tertiary/aromatic N) is 2. The summed E-state index contributed by atoms with van der Waals surface area (Å²) in [6.07, 6.45) is 3.22. The molecule has 0 N–H and O–H groups in total. The third-order valence-electron chi connectivity index (χ3n) is 3.48. The van der Waals surface area contributed by atoms with Gasteiger partial charge in [0.2, 0.25) is 0 Å². The standard InChI is InChI=1S/C16H18Cl3N2Si.Cu/c1-9(2)22(10(3)4)16-14(19)12(18)8-21-15(16)13-6-5-11(17)7-20-13;/h5-10H,1-4H3;. The van der Waals surface area contributed by atoms with Crippen LogP contribution < -0.4 is 5.19 Å². The van der Waals surface area contributed by atoms with Crippen LogP contribution in [0.25, 0.3) is 11.4 Å². The first-order valence-corrected chi connectivity index (χ1v) is 9.94. The van der Waals surface area contributed by atoms with E-state index in [0.717, 1.165) is 16.6 Å². The minimum atomic E-state index is -0.947. The fourth-order valence-electron chi connectivity index (χ4n) is 2.68. The molecule has 2 radical (unpaired) electrons. The molecule has 0 atom stereocenters. The summed E-state index contributed by atoms with van der Waals surface area (Å²) in [5.74, 6) is 0. The summed E-state index contributed by atoms with van der Waals surface area (Å²) >= 11 is 18.7. The van der Waals surface area contributed by atoms with Gasteiger partial charge in [-0.3, -0.25) is 9.97 Å². The van der Waals surface area contributed by atoms with Crippen LogP contribution in [0.1, 0.15) is 27.7 Å². The molecule has 2 nitrogen and oxygen atoms in total. The van der Waals surface area contributed by atoms with Crippen LogP contribution in [0.15, 0.2) is 24.5 Å². The van der Waals surface area contributed by atoms with Crippen LogP contribution in [0, 0.1) is 0 Å². The molecule has 0 aliphatic heterocycles. The molecular weight excluding hydrogens is 418 g/mol. The Morgan fingerprint density at radius 1 is 0.913 bits per heavy atom. The predicted molar refractivity (Wildman–Crippen MR) is 98.1 cm³/mol. The number of pyridine rings is 2. The Morgan fingerprint density at radius 2 is 1.52 bits per heavy atom. The summed E-state index contributed by atoms with van der Waals surface area (Å²) in [7, 11) is -0.947. The van der Waals surface area contributed by atoms with Crippen LogP contribution in [0.4, 0.5) is 0 Å². The van der Waals surface area contributed by atoms with Crippen molar-refractivity contribution in [2.45, 2.75) is 38.8 Å². The Kier molecular flexibility index (Phi) is 8.05. The molecule has 0 saturated carbocycles. The number of hydrogen-bond acceptors (Lipinski definition) is 2. The zero-order valence-electron chi connectivity index (χ0n) is 13.3. The van der Waals surface area contributed by atoms with E-state index in [1.165, 1.54) is 0 Å². The second-order valence-electron chi connectivity index (χ2n) is 5.77. The zero-order chi connectivity index (χ0) is 16.4. The topological polar surface area (TPSA) is 25.8 Å². The minimum absolute atomic E-state index is 0. The summed E-state index contributed by atoms with van der Waals surface area (Å²) in [5, 5.41) is 2.78. The van der Waals surface area contributed by atoms with Gasteiger partial charge in [0.25, 0.3) is 0 Å². The minimum Gasteiger partial charge on any atom is -0.253 e. The van der Waals surface area contributed by atoms with Gasteiger partial charge in [-0.05, 0) is 28.4 Å². The molecule has 23 heavy (non-hydrogen) atoms. The van der Waals surface area contributed by atoms with Crippen LogP contribution in [-0.2, 0) is 17.1 Å². The molecule has 0 fully saturated rings. The Morgan fingerprint density at radius 3 is 2.00 bits per heavy atom. The summed E-state index contributed by atoms with van der Waals surface area (Å²) < 4.78 is 0. The Hall–Kier alpha value is -0.0936. The maximum Gasteiger partial charge on any atom is 0.0961 e. The van der Waals surface area contributed by atoms with Crippen molar-refractivity contribution in [3.63, 3.8) is 0 Å². The van der Waals surface area contributed by atoms with Crippen molar-refractivity contribution < 1.29 is 17.1 Å². The van der Waals surface area contributed by atoms with E-state index in [1.54, 1.807) is 12.4 Å². The molecule has 7 heteroatoms. The predicted octanol–water partition coefficient (Wildman–Crippen LogP) is 5.62. The third kappa shape index (κ3) is 4.72. The summed E-state index contributed by atoms with van der Waals surface area (Å²) in [5.41, 5.74) is 2.62. The first-order valence-electron chi connectivity index (χ1n) is 7.16. The molecule has 0 bridgehead atoms. The number of rotatable bonds is 4. The largest absolute Gasteiger partial charge is 0.253 e. The van der Waals surface area contributed by atoms with Crippen molar-refractivity contribution in [1.82, 2.24) is 9.97 Å². The van der Waals surface area contributed by atoms with Crippen LogP contribution >= 0.6 is 34.8 Å². The van der Waals surface area contributed by atoms with Gasteiger partial charge in [-0.15, -0.1) is 0 Å². The monoisotopic (exact) mass is 434 g/mol. The molecule has 2 rings (SSSR count). The maximum absolute atomic E-state index is 6.56. The number of halogens is 3. The number of hydrogen-bond donors (Lipinski definition) is 0. The van der Waals surface area contributed by atoms with Gasteiger partial charge in [-0.25, -0.2) is 0 Å². The molecule has 2 heterocycles. The van der Waals surface area contributed by atoms with E-state index in [1.807, 2.05) is 12.1 Å². The van der Waals surface area contributed by atoms with Crippen molar-refractivity contribution in [2.24, 2.45) is 0 Å². The fraction of sp³-hybridized carbons (Fsp3) is 0.375. The van der Waals surface area contributed by atoms with Gasteiger partial charge in [0, 0.05) is 29.5 Å². The van der Waals surface area contributed by atoms with Crippen molar-refractivity contribution in [1.29, 1.82) is 0 Å². The van der Waals surface area contributed by atoms with Gasteiger partial charge >= 0.3 is 0 Å². The van der Waals surface area contributed by atoms with E-state index >= 15 is 0 Å². The molecule has 0 aliphatic carbocycles. The van der Waals surface area contributed by atoms with Gasteiger partial charge in [0.05, 0.1) is 35.3 Å². The molecular formula is C16H18Cl3CuN2Si. The fourth-order valence-corrected chi connectivity index (χ4v) is 6.83. The molecule has 0 amide bonds. The molecule has 0 aromatic carbocycles.